The number of ether oxygens (including phenoxy) is 1. The van der Waals surface area contributed by atoms with Crippen LogP contribution in [0.5, 0.6) is 5.75 Å². The molecule has 0 aliphatic carbocycles. The van der Waals surface area contributed by atoms with Crippen molar-refractivity contribution in [3.63, 3.8) is 0 Å². The van der Waals surface area contributed by atoms with Gasteiger partial charge in [0.1, 0.15) is 5.75 Å². The molecule has 0 radical (unpaired) electrons. The summed E-state index contributed by atoms with van der Waals surface area (Å²) in [6.07, 6.45) is 5.81. The summed E-state index contributed by atoms with van der Waals surface area (Å²) in [5.41, 5.74) is 9.35. The van der Waals surface area contributed by atoms with Gasteiger partial charge in [0.25, 0.3) is 0 Å². The highest BCUT2D eigenvalue weighted by molar-refractivity contribution is 7.98. The van der Waals surface area contributed by atoms with E-state index in [1.165, 1.54) is 0 Å². The van der Waals surface area contributed by atoms with Gasteiger partial charge in [-0.3, -0.25) is 4.98 Å². The van der Waals surface area contributed by atoms with Crippen LogP contribution < -0.4 is 10.5 Å². The monoisotopic (exact) mass is 254 g/mol. The molecule has 0 amide bonds. The second-order valence-corrected chi connectivity index (χ2v) is 5.28. The number of hydrogen-bond donors (Lipinski definition) is 1. The van der Waals surface area contributed by atoms with Gasteiger partial charge in [0.05, 0.1) is 7.11 Å². The first-order valence-corrected chi connectivity index (χ1v) is 7.23. The highest BCUT2D eigenvalue weighted by Crippen LogP contribution is 2.24. The molecule has 1 atom stereocenters. The average Bonchev–Trinajstić information content (AvgIpc) is 2.31. The summed E-state index contributed by atoms with van der Waals surface area (Å²) in [4.78, 5) is 4.47. The van der Waals surface area contributed by atoms with Crippen molar-refractivity contribution in [2.24, 2.45) is 5.73 Å². The molecule has 0 fully saturated rings. The number of nitrogens with zero attached hydrogens (tertiary/aromatic N) is 1. The number of methoxy groups -OCH3 is 1. The van der Waals surface area contributed by atoms with Crippen LogP contribution >= 0.6 is 11.8 Å². The lowest BCUT2D eigenvalue weighted by Crippen LogP contribution is -2.24. The Morgan fingerprint density at radius 1 is 1.47 bits per heavy atom. The van der Waals surface area contributed by atoms with Crippen molar-refractivity contribution < 1.29 is 4.74 Å². The molecule has 96 valence electrons. The Morgan fingerprint density at radius 2 is 2.18 bits per heavy atom. The predicted octanol–water partition coefficient (Wildman–Crippen LogP) is 2.33. The minimum Gasteiger partial charge on any atom is -0.496 e. The maximum Gasteiger partial charge on any atom is 0.128 e. The third-order valence-electron chi connectivity index (χ3n) is 2.90. The lowest BCUT2D eigenvalue weighted by Gasteiger charge is -2.15. The van der Waals surface area contributed by atoms with Crippen LogP contribution in [0.1, 0.15) is 23.2 Å². The second-order valence-electron chi connectivity index (χ2n) is 4.29. The lowest BCUT2D eigenvalue weighted by molar-refractivity contribution is 0.406. The van der Waals surface area contributed by atoms with Crippen LogP contribution in [-0.4, -0.2) is 30.1 Å². The van der Waals surface area contributed by atoms with Crippen LogP contribution in [0.25, 0.3) is 0 Å². The standard InChI is InChI=1S/C13H22N2OS/c1-9-8-15-12(10(2)13(9)16-3)7-11(14)5-6-17-4/h8,11H,5-7,14H2,1-4H3. The fraction of sp³-hybridized carbons (Fsp3) is 0.615. The van der Waals surface area contributed by atoms with Crippen molar-refractivity contribution in [3.05, 3.63) is 23.0 Å². The zero-order chi connectivity index (χ0) is 12.8. The Hall–Kier alpha value is -0.740. The first-order valence-electron chi connectivity index (χ1n) is 5.83. The molecule has 0 aliphatic heterocycles. The summed E-state index contributed by atoms with van der Waals surface area (Å²) in [5, 5.41) is 0. The molecule has 2 N–H and O–H groups in total. The second kappa shape index (κ2) is 6.87. The highest BCUT2D eigenvalue weighted by atomic mass is 32.2. The first kappa shape index (κ1) is 14.3. The maximum atomic E-state index is 6.10. The maximum absolute atomic E-state index is 6.10. The van der Waals surface area contributed by atoms with Crippen molar-refractivity contribution in [1.82, 2.24) is 4.98 Å². The summed E-state index contributed by atoms with van der Waals surface area (Å²) >= 11 is 1.83. The van der Waals surface area contributed by atoms with E-state index in [1.54, 1.807) is 7.11 Å². The van der Waals surface area contributed by atoms with Crippen molar-refractivity contribution >= 4 is 11.8 Å². The van der Waals surface area contributed by atoms with E-state index in [0.29, 0.717) is 0 Å². The van der Waals surface area contributed by atoms with Crippen LogP contribution in [0.3, 0.4) is 0 Å². The fourth-order valence-corrected chi connectivity index (χ4v) is 2.43. The van der Waals surface area contributed by atoms with Gasteiger partial charge in [0.2, 0.25) is 0 Å². The van der Waals surface area contributed by atoms with E-state index in [-0.39, 0.29) is 6.04 Å². The van der Waals surface area contributed by atoms with Gasteiger partial charge < -0.3 is 10.5 Å². The van der Waals surface area contributed by atoms with E-state index < -0.39 is 0 Å². The molecule has 0 bridgehead atoms. The molecule has 0 spiro atoms. The van der Waals surface area contributed by atoms with Crippen molar-refractivity contribution in [2.45, 2.75) is 32.7 Å². The summed E-state index contributed by atoms with van der Waals surface area (Å²) in [7, 11) is 1.70. The molecule has 1 heterocycles. The quantitative estimate of drug-likeness (QED) is 0.846. The van der Waals surface area contributed by atoms with Crippen LogP contribution in [0.4, 0.5) is 0 Å². The lowest BCUT2D eigenvalue weighted by atomic mass is 10.0. The molecule has 4 heteroatoms. The number of rotatable bonds is 6. The van der Waals surface area contributed by atoms with Crippen molar-refractivity contribution in [3.8, 4) is 5.75 Å². The summed E-state index contributed by atoms with van der Waals surface area (Å²) in [5.74, 6) is 2.04. The third-order valence-corrected chi connectivity index (χ3v) is 3.54. The Morgan fingerprint density at radius 3 is 2.76 bits per heavy atom. The Kier molecular flexibility index (Phi) is 5.78. The van der Waals surface area contributed by atoms with E-state index in [0.717, 1.165) is 41.2 Å². The Bertz CT molecular complexity index is 369. The molecule has 17 heavy (non-hydrogen) atoms. The largest absolute Gasteiger partial charge is 0.496 e. The topological polar surface area (TPSA) is 48.1 Å². The molecule has 1 aromatic heterocycles. The minimum atomic E-state index is 0.182. The predicted molar refractivity (Wildman–Crippen MR) is 74.9 cm³/mol. The number of aromatic nitrogens is 1. The van der Waals surface area contributed by atoms with Gasteiger partial charge in [-0.2, -0.15) is 11.8 Å². The number of hydrogen-bond acceptors (Lipinski definition) is 4. The molecule has 0 aromatic carbocycles. The van der Waals surface area contributed by atoms with Gasteiger partial charge in [-0.1, -0.05) is 0 Å². The molecule has 0 aliphatic rings. The van der Waals surface area contributed by atoms with E-state index in [1.807, 2.05) is 24.9 Å². The van der Waals surface area contributed by atoms with Gasteiger partial charge in [-0.15, -0.1) is 0 Å². The van der Waals surface area contributed by atoms with Crippen molar-refractivity contribution in [2.75, 3.05) is 19.1 Å². The zero-order valence-corrected chi connectivity index (χ0v) is 11.9. The molecule has 0 saturated carbocycles. The Balaban J connectivity index is 2.78. The zero-order valence-electron chi connectivity index (χ0n) is 11.1. The van der Waals surface area contributed by atoms with Gasteiger partial charge in [-0.25, -0.2) is 0 Å². The fourth-order valence-electron chi connectivity index (χ4n) is 1.90. The molecule has 3 nitrogen and oxygen atoms in total. The summed E-state index contributed by atoms with van der Waals surface area (Å²) < 4.78 is 5.39. The van der Waals surface area contributed by atoms with Crippen LogP contribution in [-0.2, 0) is 6.42 Å². The van der Waals surface area contributed by atoms with Crippen LogP contribution in [0.15, 0.2) is 6.20 Å². The summed E-state index contributed by atoms with van der Waals surface area (Å²) in [6.45, 7) is 4.06. The normalized spacial score (nSPS) is 12.5. The third kappa shape index (κ3) is 3.89. The van der Waals surface area contributed by atoms with E-state index in [2.05, 4.69) is 18.2 Å². The number of nitrogens with two attached hydrogens (primary N) is 1. The minimum absolute atomic E-state index is 0.182. The molecule has 0 saturated heterocycles. The van der Waals surface area contributed by atoms with Crippen molar-refractivity contribution in [1.29, 1.82) is 0 Å². The average molecular weight is 254 g/mol. The van der Waals surface area contributed by atoms with E-state index in [4.69, 9.17) is 10.5 Å². The smallest absolute Gasteiger partial charge is 0.128 e. The van der Waals surface area contributed by atoms with Gasteiger partial charge in [0.15, 0.2) is 0 Å². The highest BCUT2D eigenvalue weighted by Gasteiger charge is 2.12. The van der Waals surface area contributed by atoms with E-state index >= 15 is 0 Å². The Labute approximate surface area is 108 Å². The molecule has 1 unspecified atom stereocenters. The summed E-state index contributed by atoms with van der Waals surface area (Å²) in [6, 6.07) is 0.182. The molecular formula is C13H22N2OS. The van der Waals surface area contributed by atoms with Crippen LogP contribution in [0, 0.1) is 13.8 Å². The van der Waals surface area contributed by atoms with E-state index in [9.17, 15) is 0 Å². The number of pyridine rings is 1. The number of thioether (sulfide) groups is 1. The number of aryl methyl sites for hydroxylation is 1. The van der Waals surface area contributed by atoms with Gasteiger partial charge >= 0.3 is 0 Å². The van der Waals surface area contributed by atoms with Crippen LogP contribution in [0.2, 0.25) is 0 Å². The first-order chi connectivity index (χ1) is 8.10. The van der Waals surface area contributed by atoms with Gasteiger partial charge in [-0.05, 0) is 32.3 Å². The van der Waals surface area contributed by atoms with Gasteiger partial charge in [0, 0.05) is 35.5 Å². The SMILES string of the molecule is COc1c(C)cnc(CC(N)CCSC)c1C. The molecule has 1 aromatic rings. The molecular weight excluding hydrogens is 232 g/mol. The molecule has 1 rings (SSSR count).